The second kappa shape index (κ2) is 7.14. The average Bonchev–Trinajstić information content (AvgIpc) is 2.54. The molecule has 23 heavy (non-hydrogen) atoms. The molecular formula is C16H15BrO5S. The number of carbonyl (C=O) groups excluding carboxylic acids is 1. The molecule has 2 aromatic carbocycles. The summed E-state index contributed by atoms with van der Waals surface area (Å²) in [5, 5.41) is 0. The molecule has 2 rings (SSSR count). The van der Waals surface area contributed by atoms with Crippen LogP contribution in [-0.2, 0) is 19.4 Å². The molecule has 1 unspecified atom stereocenters. The SMILES string of the molecule is COC(=O)C(Br)c1ccc(Oc2ccc(S(C)(=O)=O)cc2)cc1. The highest BCUT2D eigenvalue weighted by atomic mass is 79.9. The Morgan fingerprint density at radius 2 is 1.48 bits per heavy atom. The number of esters is 1. The van der Waals surface area contributed by atoms with Crippen LogP contribution in [0.5, 0.6) is 11.5 Å². The van der Waals surface area contributed by atoms with Crippen molar-refractivity contribution in [1.29, 1.82) is 0 Å². The van der Waals surface area contributed by atoms with Crippen LogP contribution < -0.4 is 4.74 Å². The Kier molecular flexibility index (Phi) is 5.43. The summed E-state index contributed by atoms with van der Waals surface area (Å²) in [4.78, 5) is 11.2. The lowest BCUT2D eigenvalue weighted by molar-refractivity contribution is -0.139. The molecule has 0 aliphatic rings. The lowest BCUT2D eigenvalue weighted by Gasteiger charge is -2.10. The van der Waals surface area contributed by atoms with E-state index >= 15 is 0 Å². The van der Waals surface area contributed by atoms with Gasteiger partial charge in [0, 0.05) is 6.26 Å². The fourth-order valence-corrected chi connectivity index (χ4v) is 2.96. The van der Waals surface area contributed by atoms with Gasteiger partial charge in [0.05, 0.1) is 12.0 Å². The van der Waals surface area contributed by atoms with Crippen LogP contribution in [0.4, 0.5) is 0 Å². The summed E-state index contributed by atoms with van der Waals surface area (Å²) in [7, 11) is -1.90. The van der Waals surface area contributed by atoms with E-state index in [0.717, 1.165) is 11.8 Å². The molecule has 0 aromatic heterocycles. The van der Waals surface area contributed by atoms with Crippen molar-refractivity contribution in [2.75, 3.05) is 13.4 Å². The van der Waals surface area contributed by atoms with Gasteiger partial charge in [0.15, 0.2) is 9.84 Å². The molecular weight excluding hydrogens is 384 g/mol. The second-order valence-electron chi connectivity index (χ2n) is 4.80. The molecule has 7 heteroatoms. The molecule has 0 spiro atoms. The zero-order valence-electron chi connectivity index (χ0n) is 12.5. The van der Waals surface area contributed by atoms with Gasteiger partial charge in [-0.3, -0.25) is 4.79 Å². The number of ether oxygens (including phenoxy) is 2. The van der Waals surface area contributed by atoms with E-state index in [2.05, 4.69) is 20.7 Å². The molecule has 0 saturated heterocycles. The molecule has 1 atom stereocenters. The van der Waals surface area contributed by atoms with Crippen LogP contribution in [0.25, 0.3) is 0 Å². The van der Waals surface area contributed by atoms with E-state index in [-0.39, 0.29) is 10.9 Å². The zero-order valence-corrected chi connectivity index (χ0v) is 14.9. The minimum Gasteiger partial charge on any atom is -0.468 e. The molecule has 5 nitrogen and oxygen atoms in total. The van der Waals surface area contributed by atoms with Crippen LogP contribution in [0.3, 0.4) is 0 Å². The summed E-state index contributed by atoms with van der Waals surface area (Å²) in [5.74, 6) is 0.717. The molecule has 2 aromatic rings. The van der Waals surface area contributed by atoms with Crippen molar-refractivity contribution in [3.05, 3.63) is 54.1 Å². The van der Waals surface area contributed by atoms with E-state index in [1.54, 1.807) is 36.4 Å². The van der Waals surface area contributed by atoms with Gasteiger partial charge in [0.2, 0.25) is 0 Å². The first-order valence-corrected chi connectivity index (χ1v) is 9.42. The fraction of sp³-hybridized carbons (Fsp3) is 0.188. The van der Waals surface area contributed by atoms with Crippen LogP contribution in [0.1, 0.15) is 10.4 Å². The second-order valence-corrected chi connectivity index (χ2v) is 7.73. The maximum absolute atomic E-state index is 11.5. The first-order chi connectivity index (χ1) is 10.8. The quantitative estimate of drug-likeness (QED) is 0.569. The monoisotopic (exact) mass is 398 g/mol. The number of rotatable bonds is 5. The molecule has 0 fully saturated rings. The van der Waals surface area contributed by atoms with Gasteiger partial charge in [-0.1, -0.05) is 28.1 Å². The maximum Gasteiger partial charge on any atom is 0.323 e. The smallest absolute Gasteiger partial charge is 0.323 e. The van der Waals surface area contributed by atoms with Crippen molar-refractivity contribution >= 4 is 31.7 Å². The summed E-state index contributed by atoms with van der Waals surface area (Å²) >= 11 is 3.26. The van der Waals surface area contributed by atoms with E-state index in [0.29, 0.717) is 11.5 Å². The number of sulfone groups is 1. The molecule has 0 radical (unpaired) electrons. The summed E-state index contributed by atoms with van der Waals surface area (Å²) in [5.41, 5.74) is 0.747. The Labute approximate surface area is 143 Å². The molecule has 0 heterocycles. The molecule has 0 amide bonds. The van der Waals surface area contributed by atoms with Crippen LogP contribution in [0.2, 0.25) is 0 Å². The van der Waals surface area contributed by atoms with Crippen molar-refractivity contribution in [2.24, 2.45) is 0 Å². The van der Waals surface area contributed by atoms with Crippen molar-refractivity contribution in [1.82, 2.24) is 0 Å². The highest BCUT2D eigenvalue weighted by Gasteiger charge is 2.17. The number of methoxy groups -OCH3 is 1. The Morgan fingerprint density at radius 1 is 1.00 bits per heavy atom. The van der Waals surface area contributed by atoms with Crippen molar-refractivity contribution in [2.45, 2.75) is 9.72 Å². The predicted molar refractivity (Wildman–Crippen MR) is 89.8 cm³/mol. The summed E-state index contributed by atoms with van der Waals surface area (Å²) in [6, 6.07) is 13.1. The largest absolute Gasteiger partial charge is 0.468 e. The number of benzene rings is 2. The summed E-state index contributed by atoms with van der Waals surface area (Å²) in [6.45, 7) is 0. The van der Waals surface area contributed by atoms with Crippen molar-refractivity contribution in [3.63, 3.8) is 0 Å². The van der Waals surface area contributed by atoms with E-state index < -0.39 is 14.7 Å². The standard InChI is InChI=1S/C16H15BrO5S/c1-21-16(18)15(17)11-3-5-12(6-4-11)22-13-7-9-14(10-8-13)23(2,19)20/h3-10,15H,1-2H3. The average molecular weight is 399 g/mol. The summed E-state index contributed by atoms with van der Waals surface area (Å²) in [6.07, 6.45) is 1.15. The van der Waals surface area contributed by atoms with Gasteiger partial charge in [-0.15, -0.1) is 0 Å². The highest BCUT2D eigenvalue weighted by molar-refractivity contribution is 9.09. The molecule has 0 saturated carbocycles. The summed E-state index contributed by atoms with van der Waals surface area (Å²) < 4.78 is 33.1. The van der Waals surface area contributed by atoms with E-state index in [4.69, 9.17) is 4.74 Å². The highest BCUT2D eigenvalue weighted by Crippen LogP contribution is 2.28. The zero-order chi connectivity index (χ0) is 17.0. The third-order valence-corrected chi connectivity index (χ3v) is 5.10. The predicted octanol–water partition coefficient (Wildman–Crippen LogP) is 3.49. The normalized spacial score (nSPS) is 12.5. The lowest BCUT2D eigenvalue weighted by atomic mass is 10.1. The number of hydrogen-bond donors (Lipinski definition) is 0. The van der Waals surface area contributed by atoms with E-state index in [9.17, 15) is 13.2 Å². The number of hydrogen-bond acceptors (Lipinski definition) is 5. The Hall–Kier alpha value is -1.86. The Balaban J connectivity index is 2.11. The van der Waals surface area contributed by atoms with Crippen LogP contribution >= 0.6 is 15.9 Å². The van der Waals surface area contributed by atoms with Crippen LogP contribution in [-0.4, -0.2) is 27.8 Å². The van der Waals surface area contributed by atoms with E-state index in [1.807, 2.05) is 0 Å². The number of alkyl halides is 1. The first-order valence-electron chi connectivity index (χ1n) is 6.61. The van der Waals surface area contributed by atoms with Gasteiger partial charge in [0.25, 0.3) is 0 Å². The lowest BCUT2D eigenvalue weighted by Crippen LogP contribution is -2.07. The molecule has 0 aliphatic heterocycles. The topological polar surface area (TPSA) is 69.7 Å². The Morgan fingerprint density at radius 3 is 1.91 bits per heavy atom. The third-order valence-electron chi connectivity index (χ3n) is 3.07. The minimum atomic E-state index is -3.22. The molecule has 122 valence electrons. The molecule has 0 bridgehead atoms. The minimum absolute atomic E-state index is 0.236. The first kappa shape index (κ1) is 17.5. The number of halogens is 1. The van der Waals surface area contributed by atoms with E-state index in [1.165, 1.54) is 19.2 Å². The molecule has 0 aliphatic carbocycles. The fourth-order valence-electron chi connectivity index (χ4n) is 1.84. The Bertz CT molecular complexity index is 782. The van der Waals surface area contributed by atoms with Gasteiger partial charge >= 0.3 is 5.97 Å². The van der Waals surface area contributed by atoms with Gasteiger partial charge in [-0.2, -0.15) is 0 Å². The van der Waals surface area contributed by atoms with Crippen molar-refractivity contribution < 1.29 is 22.7 Å². The molecule has 0 N–H and O–H groups in total. The van der Waals surface area contributed by atoms with Crippen LogP contribution in [0.15, 0.2) is 53.4 Å². The van der Waals surface area contributed by atoms with Crippen LogP contribution in [0, 0.1) is 0 Å². The third kappa shape index (κ3) is 4.56. The van der Waals surface area contributed by atoms with Gasteiger partial charge in [0.1, 0.15) is 16.3 Å². The maximum atomic E-state index is 11.5. The van der Waals surface area contributed by atoms with Crippen molar-refractivity contribution in [3.8, 4) is 11.5 Å². The number of carbonyl (C=O) groups is 1. The van der Waals surface area contributed by atoms with Gasteiger partial charge in [-0.25, -0.2) is 8.42 Å². The van der Waals surface area contributed by atoms with Gasteiger partial charge in [-0.05, 0) is 42.0 Å². The van der Waals surface area contributed by atoms with Gasteiger partial charge < -0.3 is 9.47 Å².